The van der Waals surface area contributed by atoms with Crippen molar-refractivity contribution in [2.75, 3.05) is 17.6 Å². The van der Waals surface area contributed by atoms with Gasteiger partial charge in [-0.15, -0.1) is 0 Å². The molecule has 6 N–H and O–H groups in total. The Morgan fingerprint density at radius 2 is 1.82 bits per heavy atom. The van der Waals surface area contributed by atoms with Crippen LogP contribution in [0.2, 0.25) is 0 Å². The number of aryl methyl sites for hydroxylation is 1. The van der Waals surface area contributed by atoms with Crippen LogP contribution >= 0.6 is 0 Å². The second-order valence-corrected chi connectivity index (χ2v) is 8.75. The van der Waals surface area contributed by atoms with Crippen LogP contribution in [-0.2, 0) is 24.3 Å². The molecular weight excluding hydrogens is 482 g/mol. The summed E-state index contributed by atoms with van der Waals surface area (Å²) in [6.45, 7) is 2.26. The van der Waals surface area contributed by atoms with E-state index in [1.165, 1.54) is 10.8 Å². The van der Waals surface area contributed by atoms with E-state index in [4.69, 9.17) is 11.5 Å². The standard InChI is InChI=1S/C28H29N7O3/c1-18-22(10-11-24(29)34-18)15-32-25(36)17-35-23(20-8-5-9-21(14-20)26(30)37)16-33-27(28(35)38)31-13-12-19-6-3-2-4-7-19/h2-11,14,16H,12-13,15,17H2,1H3,(H2,29,34)(H2,30,37)(H,31,33)(H,32,36). The lowest BCUT2D eigenvalue weighted by Gasteiger charge is -2.16. The van der Waals surface area contributed by atoms with Crippen molar-refractivity contribution in [1.29, 1.82) is 0 Å². The molecule has 0 aliphatic rings. The third-order valence-corrected chi connectivity index (χ3v) is 6.04. The zero-order valence-electron chi connectivity index (χ0n) is 21.0. The van der Waals surface area contributed by atoms with Gasteiger partial charge in [0.2, 0.25) is 11.8 Å². The molecule has 2 aromatic carbocycles. The molecule has 10 nitrogen and oxygen atoms in total. The minimum absolute atomic E-state index is 0.127. The van der Waals surface area contributed by atoms with E-state index in [0.717, 1.165) is 11.1 Å². The largest absolute Gasteiger partial charge is 0.384 e. The second-order valence-electron chi connectivity index (χ2n) is 8.75. The fourth-order valence-corrected chi connectivity index (χ4v) is 3.99. The number of amides is 2. The van der Waals surface area contributed by atoms with Gasteiger partial charge in [0.25, 0.3) is 5.56 Å². The average molecular weight is 512 g/mol. The number of carbonyl (C=O) groups is 2. The van der Waals surface area contributed by atoms with Crippen LogP contribution < -0.4 is 27.7 Å². The lowest BCUT2D eigenvalue weighted by molar-refractivity contribution is -0.121. The van der Waals surface area contributed by atoms with E-state index in [9.17, 15) is 14.4 Å². The third kappa shape index (κ3) is 6.41. The molecule has 38 heavy (non-hydrogen) atoms. The highest BCUT2D eigenvalue weighted by Gasteiger charge is 2.16. The Morgan fingerprint density at radius 3 is 2.55 bits per heavy atom. The second kappa shape index (κ2) is 11.8. The molecule has 0 spiro atoms. The van der Waals surface area contributed by atoms with Gasteiger partial charge in [-0.3, -0.25) is 19.0 Å². The molecule has 0 radical (unpaired) electrons. The lowest BCUT2D eigenvalue weighted by Crippen LogP contribution is -2.34. The van der Waals surface area contributed by atoms with E-state index in [2.05, 4.69) is 20.6 Å². The molecule has 2 aromatic heterocycles. The molecule has 2 heterocycles. The van der Waals surface area contributed by atoms with Gasteiger partial charge in [0.1, 0.15) is 12.4 Å². The number of benzene rings is 2. The summed E-state index contributed by atoms with van der Waals surface area (Å²) in [6.07, 6.45) is 2.20. The van der Waals surface area contributed by atoms with E-state index >= 15 is 0 Å². The predicted octanol–water partition coefficient (Wildman–Crippen LogP) is 2.27. The molecule has 0 unspecified atom stereocenters. The highest BCUT2D eigenvalue weighted by Crippen LogP contribution is 2.20. The van der Waals surface area contributed by atoms with Gasteiger partial charge >= 0.3 is 0 Å². The topological polar surface area (TPSA) is 158 Å². The summed E-state index contributed by atoms with van der Waals surface area (Å²) in [7, 11) is 0. The molecule has 4 rings (SSSR count). The fraction of sp³-hybridized carbons (Fsp3) is 0.179. The van der Waals surface area contributed by atoms with Gasteiger partial charge in [-0.05, 0) is 42.7 Å². The smallest absolute Gasteiger partial charge is 0.294 e. The van der Waals surface area contributed by atoms with E-state index in [0.29, 0.717) is 35.7 Å². The van der Waals surface area contributed by atoms with Crippen molar-refractivity contribution in [1.82, 2.24) is 19.9 Å². The van der Waals surface area contributed by atoms with Crippen LogP contribution in [0.3, 0.4) is 0 Å². The van der Waals surface area contributed by atoms with Gasteiger partial charge in [0, 0.05) is 29.9 Å². The van der Waals surface area contributed by atoms with Crippen molar-refractivity contribution in [3.8, 4) is 11.3 Å². The minimum Gasteiger partial charge on any atom is -0.384 e. The number of hydrogen-bond donors (Lipinski definition) is 4. The molecule has 0 saturated heterocycles. The van der Waals surface area contributed by atoms with E-state index < -0.39 is 11.5 Å². The summed E-state index contributed by atoms with van der Waals surface area (Å²) in [5.74, 6) is -0.451. The maximum absolute atomic E-state index is 13.5. The summed E-state index contributed by atoms with van der Waals surface area (Å²) in [6, 6.07) is 19.9. The van der Waals surface area contributed by atoms with Gasteiger partial charge in [-0.2, -0.15) is 0 Å². The Bertz CT molecular complexity index is 1520. The van der Waals surface area contributed by atoms with Crippen LogP contribution in [0.4, 0.5) is 11.6 Å². The molecule has 4 aromatic rings. The number of primary amides is 1. The number of nitrogen functional groups attached to an aromatic ring is 1. The van der Waals surface area contributed by atoms with E-state index in [1.807, 2.05) is 37.3 Å². The lowest BCUT2D eigenvalue weighted by atomic mass is 10.1. The average Bonchev–Trinajstić information content (AvgIpc) is 2.91. The van der Waals surface area contributed by atoms with Gasteiger partial charge in [-0.25, -0.2) is 9.97 Å². The third-order valence-electron chi connectivity index (χ3n) is 6.04. The van der Waals surface area contributed by atoms with Crippen molar-refractivity contribution in [2.45, 2.75) is 26.4 Å². The number of carbonyl (C=O) groups excluding carboxylic acids is 2. The first kappa shape index (κ1) is 26.1. The number of rotatable bonds is 10. The van der Waals surface area contributed by atoms with E-state index in [-0.39, 0.29) is 30.4 Å². The highest BCUT2D eigenvalue weighted by atomic mass is 16.2. The van der Waals surface area contributed by atoms with Crippen LogP contribution in [-0.4, -0.2) is 32.9 Å². The number of aromatic nitrogens is 3. The van der Waals surface area contributed by atoms with Crippen molar-refractivity contribution >= 4 is 23.5 Å². The first-order chi connectivity index (χ1) is 18.3. The fourth-order valence-electron chi connectivity index (χ4n) is 3.99. The van der Waals surface area contributed by atoms with Crippen molar-refractivity contribution in [2.24, 2.45) is 5.73 Å². The van der Waals surface area contributed by atoms with Gasteiger partial charge < -0.3 is 22.1 Å². The number of nitrogens with zero attached hydrogens (tertiary/aromatic N) is 3. The van der Waals surface area contributed by atoms with Crippen LogP contribution in [0.25, 0.3) is 11.3 Å². The quantitative estimate of drug-likeness (QED) is 0.254. The predicted molar refractivity (Wildman–Crippen MR) is 146 cm³/mol. The molecule has 0 atom stereocenters. The van der Waals surface area contributed by atoms with Crippen molar-refractivity contribution < 1.29 is 9.59 Å². The summed E-state index contributed by atoms with van der Waals surface area (Å²) >= 11 is 0. The molecule has 0 aliphatic heterocycles. The molecule has 194 valence electrons. The molecular formula is C28H29N7O3. The molecule has 2 amide bonds. The number of hydrogen-bond acceptors (Lipinski definition) is 7. The maximum atomic E-state index is 13.5. The Kier molecular flexibility index (Phi) is 8.12. The summed E-state index contributed by atoms with van der Waals surface area (Å²) < 4.78 is 1.33. The Balaban J connectivity index is 1.59. The molecule has 0 fully saturated rings. The number of pyridine rings is 1. The maximum Gasteiger partial charge on any atom is 0.294 e. The zero-order chi connectivity index (χ0) is 27.1. The SMILES string of the molecule is Cc1nc(N)ccc1CNC(=O)Cn1c(-c2cccc(C(N)=O)c2)cnc(NCCc2ccccc2)c1=O. The van der Waals surface area contributed by atoms with Gasteiger partial charge in [0.05, 0.1) is 11.9 Å². The molecule has 0 saturated carbocycles. The van der Waals surface area contributed by atoms with Crippen molar-refractivity contribution in [3.63, 3.8) is 0 Å². The van der Waals surface area contributed by atoms with E-state index in [1.54, 1.807) is 36.4 Å². The Labute approximate surface area is 219 Å². The first-order valence-corrected chi connectivity index (χ1v) is 12.1. The van der Waals surface area contributed by atoms with Crippen LogP contribution in [0.1, 0.15) is 27.2 Å². The van der Waals surface area contributed by atoms with Crippen LogP contribution in [0.5, 0.6) is 0 Å². The summed E-state index contributed by atoms with van der Waals surface area (Å²) in [5.41, 5.74) is 14.5. The first-order valence-electron chi connectivity index (χ1n) is 12.1. The molecule has 10 heteroatoms. The summed E-state index contributed by atoms with van der Waals surface area (Å²) in [5, 5.41) is 5.92. The highest BCUT2D eigenvalue weighted by molar-refractivity contribution is 5.94. The van der Waals surface area contributed by atoms with Gasteiger partial charge in [-0.1, -0.05) is 48.5 Å². The Morgan fingerprint density at radius 1 is 1.03 bits per heavy atom. The molecule has 0 bridgehead atoms. The van der Waals surface area contributed by atoms with Gasteiger partial charge in [0.15, 0.2) is 5.82 Å². The van der Waals surface area contributed by atoms with Crippen LogP contribution in [0, 0.1) is 6.92 Å². The number of anilines is 2. The molecule has 0 aliphatic carbocycles. The van der Waals surface area contributed by atoms with Crippen molar-refractivity contribution in [3.05, 3.63) is 106 Å². The monoisotopic (exact) mass is 511 g/mol. The Hall–Kier alpha value is -4.99. The minimum atomic E-state index is -0.599. The number of nitrogens with one attached hydrogen (secondary N) is 2. The van der Waals surface area contributed by atoms with Crippen LogP contribution in [0.15, 0.2) is 77.7 Å². The normalized spacial score (nSPS) is 10.7. The zero-order valence-corrected chi connectivity index (χ0v) is 21.0. The number of nitrogens with two attached hydrogens (primary N) is 2. The summed E-state index contributed by atoms with van der Waals surface area (Å²) in [4.78, 5) is 46.7.